The van der Waals surface area contributed by atoms with Crippen molar-refractivity contribution in [3.8, 4) is 0 Å². The predicted molar refractivity (Wildman–Crippen MR) is 51.8 cm³/mol. The number of carbonyl (C=O) groups is 2. The van der Waals surface area contributed by atoms with Crippen molar-refractivity contribution in [1.29, 1.82) is 0 Å². The summed E-state index contributed by atoms with van der Waals surface area (Å²) in [6.07, 6.45) is 1.81. The van der Waals surface area contributed by atoms with Crippen molar-refractivity contribution in [3.05, 3.63) is 0 Å². The van der Waals surface area contributed by atoms with Crippen molar-refractivity contribution >= 4 is 11.9 Å². The molecule has 2 atom stereocenters. The summed E-state index contributed by atoms with van der Waals surface area (Å²) >= 11 is 0. The van der Waals surface area contributed by atoms with Crippen molar-refractivity contribution in [2.24, 2.45) is 5.92 Å². The molecule has 2 unspecified atom stereocenters. The van der Waals surface area contributed by atoms with Crippen molar-refractivity contribution in [1.82, 2.24) is 4.90 Å². The van der Waals surface area contributed by atoms with Crippen LogP contribution in [0.3, 0.4) is 0 Å². The maximum absolute atomic E-state index is 11.4. The molecule has 1 heterocycles. The van der Waals surface area contributed by atoms with Crippen molar-refractivity contribution in [3.63, 3.8) is 0 Å². The Bertz CT molecular complexity index is 240. The lowest BCUT2D eigenvalue weighted by molar-refractivity contribution is -0.146. The van der Waals surface area contributed by atoms with Gasteiger partial charge in [0.25, 0.3) is 0 Å². The van der Waals surface area contributed by atoms with E-state index in [0.717, 1.165) is 6.42 Å². The fourth-order valence-electron chi connectivity index (χ4n) is 1.68. The van der Waals surface area contributed by atoms with Crippen LogP contribution in [0.5, 0.6) is 0 Å². The number of hydrogen-bond donors (Lipinski definition) is 1. The number of carbonyl (C=O) groups excluding carboxylic acids is 1. The Balaban J connectivity index is 2.62. The molecule has 14 heavy (non-hydrogen) atoms. The van der Waals surface area contributed by atoms with Gasteiger partial charge in [-0.05, 0) is 12.3 Å². The van der Waals surface area contributed by atoms with Crippen LogP contribution in [0.15, 0.2) is 0 Å². The van der Waals surface area contributed by atoms with Gasteiger partial charge in [-0.15, -0.1) is 0 Å². The van der Waals surface area contributed by atoms with Gasteiger partial charge in [-0.2, -0.15) is 0 Å². The molecule has 1 N–H and O–H groups in total. The molecule has 1 aliphatic rings. The summed E-state index contributed by atoms with van der Waals surface area (Å²) in [5.74, 6) is -0.518. The molecule has 0 saturated carbocycles. The van der Waals surface area contributed by atoms with E-state index in [1.54, 1.807) is 0 Å². The largest absolute Gasteiger partial charge is 0.480 e. The van der Waals surface area contributed by atoms with Gasteiger partial charge in [-0.25, -0.2) is 4.79 Å². The maximum atomic E-state index is 11.4. The molecule has 4 nitrogen and oxygen atoms in total. The molecule has 1 saturated heterocycles. The first-order valence-electron chi connectivity index (χ1n) is 5.08. The summed E-state index contributed by atoms with van der Waals surface area (Å²) in [6.45, 7) is 4.65. The molecule has 1 fully saturated rings. The third-order valence-electron chi connectivity index (χ3n) is 2.82. The van der Waals surface area contributed by atoms with E-state index >= 15 is 0 Å². The van der Waals surface area contributed by atoms with E-state index in [4.69, 9.17) is 5.11 Å². The fourth-order valence-corrected chi connectivity index (χ4v) is 1.68. The van der Waals surface area contributed by atoms with Gasteiger partial charge in [-0.1, -0.05) is 20.3 Å². The number of carboxylic acids is 1. The highest BCUT2D eigenvalue weighted by atomic mass is 16.4. The van der Waals surface area contributed by atoms with E-state index in [1.807, 2.05) is 13.8 Å². The van der Waals surface area contributed by atoms with Crippen molar-refractivity contribution < 1.29 is 14.7 Å². The highest BCUT2D eigenvalue weighted by molar-refractivity contribution is 5.87. The molecule has 0 bridgehead atoms. The fraction of sp³-hybridized carbons (Fsp3) is 0.800. The van der Waals surface area contributed by atoms with Gasteiger partial charge in [0.1, 0.15) is 6.04 Å². The van der Waals surface area contributed by atoms with Crippen LogP contribution in [0.4, 0.5) is 0 Å². The molecule has 0 aromatic heterocycles. The first kappa shape index (κ1) is 11.0. The van der Waals surface area contributed by atoms with E-state index < -0.39 is 12.0 Å². The van der Waals surface area contributed by atoms with Crippen molar-refractivity contribution in [2.75, 3.05) is 6.54 Å². The second-order valence-electron chi connectivity index (χ2n) is 3.95. The van der Waals surface area contributed by atoms with E-state index in [2.05, 4.69) is 0 Å². The Kier molecular flexibility index (Phi) is 3.49. The minimum Gasteiger partial charge on any atom is -0.480 e. The molecule has 0 spiro atoms. The van der Waals surface area contributed by atoms with Crippen LogP contribution in [-0.2, 0) is 9.59 Å². The Morgan fingerprint density at radius 1 is 1.71 bits per heavy atom. The van der Waals surface area contributed by atoms with E-state index in [-0.39, 0.29) is 5.91 Å². The minimum atomic E-state index is -0.876. The van der Waals surface area contributed by atoms with Crippen molar-refractivity contribution in [2.45, 2.75) is 39.2 Å². The van der Waals surface area contributed by atoms with Gasteiger partial charge >= 0.3 is 5.97 Å². The number of rotatable bonds is 4. The Hall–Kier alpha value is -1.06. The molecule has 0 aromatic rings. The molecule has 1 aliphatic heterocycles. The lowest BCUT2D eigenvalue weighted by atomic mass is 10.1. The summed E-state index contributed by atoms with van der Waals surface area (Å²) in [5, 5.41) is 8.89. The second-order valence-corrected chi connectivity index (χ2v) is 3.95. The zero-order valence-electron chi connectivity index (χ0n) is 8.69. The van der Waals surface area contributed by atoms with Crippen LogP contribution in [0.1, 0.15) is 33.1 Å². The molecule has 4 heteroatoms. The Labute approximate surface area is 83.9 Å². The zero-order valence-corrected chi connectivity index (χ0v) is 8.69. The molecule has 80 valence electrons. The average Bonchev–Trinajstić information content (AvgIpc) is 2.48. The second kappa shape index (κ2) is 4.44. The van der Waals surface area contributed by atoms with Gasteiger partial charge in [0.05, 0.1) is 0 Å². The minimum absolute atomic E-state index is 0.0160. The van der Waals surface area contributed by atoms with Gasteiger partial charge in [0.15, 0.2) is 0 Å². The summed E-state index contributed by atoms with van der Waals surface area (Å²) in [7, 11) is 0. The Morgan fingerprint density at radius 3 is 2.86 bits per heavy atom. The summed E-state index contributed by atoms with van der Waals surface area (Å²) in [4.78, 5) is 23.7. The van der Waals surface area contributed by atoms with Gasteiger partial charge < -0.3 is 10.0 Å². The van der Waals surface area contributed by atoms with E-state index in [0.29, 0.717) is 25.3 Å². The molecule has 0 aliphatic carbocycles. The zero-order chi connectivity index (χ0) is 10.7. The highest BCUT2D eigenvalue weighted by Gasteiger charge is 2.36. The standard InChI is InChI=1S/C10H17NO3/c1-3-7(2)6-11-8(10(13)14)4-5-9(11)12/h7-8H,3-6H2,1-2H3,(H,13,14). The van der Waals surface area contributed by atoms with Crippen LogP contribution in [0, 0.1) is 5.92 Å². The van der Waals surface area contributed by atoms with Gasteiger partial charge in [-0.3, -0.25) is 4.79 Å². The predicted octanol–water partition coefficient (Wildman–Crippen LogP) is 1.11. The third kappa shape index (κ3) is 2.25. The van der Waals surface area contributed by atoms with Gasteiger partial charge in [0, 0.05) is 13.0 Å². The first-order valence-corrected chi connectivity index (χ1v) is 5.08. The van der Waals surface area contributed by atoms with Crippen LogP contribution < -0.4 is 0 Å². The number of carboxylic acid groups (broad SMARTS) is 1. The normalized spacial score (nSPS) is 24.0. The molecule has 0 radical (unpaired) electrons. The summed E-state index contributed by atoms with van der Waals surface area (Å²) in [5.41, 5.74) is 0. The van der Waals surface area contributed by atoms with E-state index in [9.17, 15) is 9.59 Å². The number of hydrogen-bond acceptors (Lipinski definition) is 2. The quantitative estimate of drug-likeness (QED) is 0.737. The molecular weight excluding hydrogens is 182 g/mol. The monoisotopic (exact) mass is 199 g/mol. The average molecular weight is 199 g/mol. The Morgan fingerprint density at radius 2 is 2.36 bits per heavy atom. The number of likely N-dealkylation sites (tertiary alicyclic amines) is 1. The number of nitrogens with zero attached hydrogens (tertiary/aromatic N) is 1. The van der Waals surface area contributed by atoms with Crippen LogP contribution in [0.2, 0.25) is 0 Å². The third-order valence-corrected chi connectivity index (χ3v) is 2.82. The summed E-state index contributed by atoms with van der Waals surface area (Å²) in [6, 6.07) is -0.587. The molecule has 1 amide bonds. The van der Waals surface area contributed by atoms with Crippen LogP contribution in [-0.4, -0.2) is 34.5 Å². The smallest absolute Gasteiger partial charge is 0.326 e. The lowest BCUT2D eigenvalue weighted by Crippen LogP contribution is -2.40. The van der Waals surface area contributed by atoms with E-state index in [1.165, 1.54) is 4.90 Å². The van der Waals surface area contributed by atoms with Gasteiger partial charge in [0.2, 0.25) is 5.91 Å². The SMILES string of the molecule is CCC(C)CN1C(=O)CCC1C(=O)O. The lowest BCUT2D eigenvalue weighted by Gasteiger charge is -2.24. The van der Waals surface area contributed by atoms with Crippen LogP contribution in [0.25, 0.3) is 0 Å². The first-order chi connectivity index (χ1) is 6.56. The topological polar surface area (TPSA) is 57.6 Å². The number of aliphatic carboxylic acids is 1. The molecular formula is C10H17NO3. The molecule has 1 rings (SSSR count). The number of amides is 1. The highest BCUT2D eigenvalue weighted by Crippen LogP contribution is 2.20. The summed E-state index contributed by atoms with van der Waals surface area (Å²) < 4.78 is 0. The molecule has 0 aromatic carbocycles. The van der Waals surface area contributed by atoms with Crippen LogP contribution >= 0.6 is 0 Å². The maximum Gasteiger partial charge on any atom is 0.326 e.